The quantitative estimate of drug-likeness (QED) is 0.469. The zero-order valence-electron chi connectivity index (χ0n) is 11.8. The molecule has 1 rings (SSSR count). The molecule has 0 aliphatic rings. The molecule has 0 aliphatic carbocycles. The van der Waals surface area contributed by atoms with Crippen molar-refractivity contribution in [2.24, 2.45) is 16.6 Å². The first-order valence-corrected chi connectivity index (χ1v) is 5.85. The van der Waals surface area contributed by atoms with Crippen LogP contribution in [0.25, 0.3) is 0 Å². The maximum Gasteiger partial charge on any atom is 0.193 e. The Labute approximate surface area is 131 Å². The topological polar surface area (TPSA) is 68.9 Å². The first-order valence-electron chi connectivity index (χ1n) is 5.85. The molecule has 0 heterocycles. The second-order valence-corrected chi connectivity index (χ2v) is 4.31. The van der Waals surface area contributed by atoms with Crippen LogP contribution in [0.1, 0.15) is 13.8 Å². The van der Waals surface area contributed by atoms with Crippen LogP contribution in [0.15, 0.2) is 23.2 Å². The molecule has 0 amide bonds. The van der Waals surface area contributed by atoms with Gasteiger partial charge < -0.3 is 20.5 Å². The van der Waals surface area contributed by atoms with E-state index in [2.05, 4.69) is 24.2 Å². The van der Waals surface area contributed by atoms with E-state index in [-0.39, 0.29) is 24.0 Å². The van der Waals surface area contributed by atoms with E-state index in [0.29, 0.717) is 29.9 Å². The number of benzene rings is 1. The minimum atomic E-state index is 0. The average molecular weight is 379 g/mol. The lowest BCUT2D eigenvalue weighted by Crippen LogP contribution is -2.23. The molecular weight excluding hydrogens is 357 g/mol. The molecule has 5 nitrogen and oxygen atoms in total. The van der Waals surface area contributed by atoms with Crippen LogP contribution in [-0.4, -0.2) is 26.7 Å². The summed E-state index contributed by atoms with van der Waals surface area (Å²) in [7, 11) is 3.20. The van der Waals surface area contributed by atoms with Gasteiger partial charge in [0.15, 0.2) is 17.5 Å². The number of rotatable bonds is 5. The molecule has 0 aromatic heterocycles. The summed E-state index contributed by atoms with van der Waals surface area (Å²) in [5.74, 6) is 2.21. The highest BCUT2D eigenvalue weighted by Crippen LogP contribution is 2.29. The van der Waals surface area contributed by atoms with Crippen molar-refractivity contribution < 1.29 is 9.47 Å². The van der Waals surface area contributed by atoms with Gasteiger partial charge in [0.25, 0.3) is 0 Å². The van der Waals surface area contributed by atoms with Crippen LogP contribution in [0, 0.1) is 5.92 Å². The Hall–Kier alpha value is -1.18. The summed E-state index contributed by atoms with van der Waals surface area (Å²) in [5.41, 5.74) is 6.60. The van der Waals surface area contributed by atoms with Crippen LogP contribution >= 0.6 is 24.0 Å². The van der Waals surface area contributed by atoms with Crippen LogP contribution in [0.2, 0.25) is 0 Å². The molecule has 6 heteroatoms. The molecule has 0 atom stereocenters. The summed E-state index contributed by atoms with van der Waals surface area (Å²) >= 11 is 0. The summed E-state index contributed by atoms with van der Waals surface area (Å²) < 4.78 is 10.4. The van der Waals surface area contributed by atoms with Gasteiger partial charge in [0.05, 0.1) is 14.2 Å². The SMILES string of the molecule is COc1ccc(NC(N)=NCC(C)C)cc1OC.I. The number of methoxy groups -OCH3 is 2. The minimum absolute atomic E-state index is 0. The van der Waals surface area contributed by atoms with Gasteiger partial charge in [0.1, 0.15) is 0 Å². The molecule has 0 saturated heterocycles. The van der Waals surface area contributed by atoms with Gasteiger partial charge in [0, 0.05) is 18.3 Å². The number of anilines is 1. The third-order valence-corrected chi connectivity index (χ3v) is 2.28. The van der Waals surface area contributed by atoms with Crippen molar-refractivity contribution in [3.05, 3.63) is 18.2 Å². The van der Waals surface area contributed by atoms with E-state index in [1.807, 2.05) is 18.2 Å². The van der Waals surface area contributed by atoms with Crippen molar-refractivity contribution in [1.29, 1.82) is 0 Å². The fourth-order valence-corrected chi connectivity index (χ4v) is 1.38. The third-order valence-electron chi connectivity index (χ3n) is 2.28. The molecule has 1 aromatic rings. The third kappa shape index (κ3) is 6.00. The summed E-state index contributed by atoms with van der Waals surface area (Å²) in [4.78, 5) is 4.23. The molecule has 19 heavy (non-hydrogen) atoms. The number of hydrogen-bond donors (Lipinski definition) is 2. The molecule has 0 bridgehead atoms. The normalized spacial score (nSPS) is 10.9. The Morgan fingerprint density at radius 2 is 1.89 bits per heavy atom. The molecular formula is C13H22IN3O2. The van der Waals surface area contributed by atoms with Gasteiger partial charge in [0.2, 0.25) is 0 Å². The predicted octanol–water partition coefficient (Wildman–Crippen LogP) is 2.70. The van der Waals surface area contributed by atoms with E-state index in [4.69, 9.17) is 15.2 Å². The Bertz CT molecular complexity index is 422. The molecule has 108 valence electrons. The second-order valence-electron chi connectivity index (χ2n) is 4.31. The Balaban J connectivity index is 0.00000324. The van der Waals surface area contributed by atoms with Crippen LogP contribution < -0.4 is 20.5 Å². The largest absolute Gasteiger partial charge is 0.493 e. The van der Waals surface area contributed by atoms with Gasteiger partial charge >= 0.3 is 0 Å². The molecule has 0 fully saturated rings. The van der Waals surface area contributed by atoms with Gasteiger partial charge in [-0.15, -0.1) is 24.0 Å². The highest BCUT2D eigenvalue weighted by atomic mass is 127. The number of hydrogen-bond acceptors (Lipinski definition) is 3. The van der Waals surface area contributed by atoms with E-state index in [1.54, 1.807) is 14.2 Å². The standard InChI is InChI=1S/C13H21N3O2.HI/c1-9(2)8-15-13(14)16-10-5-6-11(17-3)12(7-10)18-4;/h5-7,9H,8H2,1-4H3,(H3,14,15,16);1H. The van der Waals surface area contributed by atoms with E-state index in [0.717, 1.165) is 5.69 Å². The zero-order chi connectivity index (χ0) is 13.5. The highest BCUT2D eigenvalue weighted by Gasteiger charge is 2.05. The Morgan fingerprint density at radius 1 is 1.26 bits per heavy atom. The van der Waals surface area contributed by atoms with Gasteiger partial charge in [-0.3, -0.25) is 4.99 Å². The lowest BCUT2D eigenvalue weighted by molar-refractivity contribution is 0.355. The van der Waals surface area contributed by atoms with Crippen molar-refractivity contribution >= 4 is 35.6 Å². The lowest BCUT2D eigenvalue weighted by atomic mass is 10.2. The lowest BCUT2D eigenvalue weighted by Gasteiger charge is -2.11. The maximum atomic E-state index is 5.78. The van der Waals surface area contributed by atoms with Crippen molar-refractivity contribution in [3.63, 3.8) is 0 Å². The Morgan fingerprint density at radius 3 is 2.42 bits per heavy atom. The van der Waals surface area contributed by atoms with E-state index in [1.165, 1.54) is 0 Å². The van der Waals surface area contributed by atoms with E-state index >= 15 is 0 Å². The number of nitrogens with two attached hydrogens (primary N) is 1. The monoisotopic (exact) mass is 379 g/mol. The first kappa shape index (κ1) is 17.8. The molecule has 1 aromatic carbocycles. The van der Waals surface area contributed by atoms with E-state index in [9.17, 15) is 0 Å². The van der Waals surface area contributed by atoms with Crippen molar-refractivity contribution in [3.8, 4) is 11.5 Å². The predicted molar refractivity (Wildman–Crippen MR) is 89.9 cm³/mol. The average Bonchev–Trinajstić information content (AvgIpc) is 2.36. The van der Waals surface area contributed by atoms with Gasteiger partial charge in [-0.25, -0.2) is 0 Å². The minimum Gasteiger partial charge on any atom is -0.493 e. The van der Waals surface area contributed by atoms with Crippen molar-refractivity contribution in [2.45, 2.75) is 13.8 Å². The van der Waals surface area contributed by atoms with Crippen molar-refractivity contribution in [1.82, 2.24) is 0 Å². The fraction of sp³-hybridized carbons (Fsp3) is 0.462. The number of nitrogens with zero attached hydrogens (tertiary/aromatic N) is 1. The smallest absolute Gasteiger partial charge is 0.193 e. The zero-order valence-corrected chi connectivity index (χ0v) is 14.1. The van der Waals surface area contributed by atoms with Crippen LogP contribution in [0.3, 0.4) is 0 Å². The summed E-state index contributed by atoms with van der Waals surface area (Å²) in [6, 6.07) is 5.49. The van der Waals surface area contributed by atoms with Crippen molar-refractivity contribution in [2.75, 3.05) is 26.1 Å². The summed E-state index contributed by atoms with van der Waals surface area (Å²) in [6.07, 6.45) is 0. The number of aliphatic imine (C=N–C) groups is 1. The fourth-order valence-electron chi connectivity index (χ4n) is 1.38. The van der Waals surface area contributed by atoms with Gasteiger partial charge in [-0.2, -0.15) is 0 Å². The maximum absolute atomic E-state index is 5.78. The number of halogens is 1. The van der Waals surface area contributed by atoms with Crippen LogP contribution in [0.5, 0.6) is 11.5 Å². The van der Waals surface area contributed by atoms with Gasteiger partial charge in [-0.1, -0.05) is 13.8 Å². The Kier molecular flexibility index (Phi) is 8.29. The molecule has 3 N–H and O–H groups in total. The molecule has 0 radical (unpaired) electrons. The molecule has 0 saturated carbocycles. The first-order chi connectivity index (χ1) is 8.56. The molecule has 0 aliphatic heterocycles. The number of ether oxygens (including phenoxy) is 2. The van der Waals surface area contributed by atoms with Crippen LogP contribution in [-0.2, 0) is 0 Å². The summed E-state index contributed by atoms with van der Waals surface area (Å²) in [5, 5.41) is 3.02. The van der Waals surface area contributed by atoms with Gasteiger partial charge in [-0.05, 0) is 18.1 Å². The van der Waals surface area contributed by atoms with Crippen LogP contribution in [0.4, 0.5) is 5.69 Å². The molecule has 0 spiro atoms. The van der Waals surface area contributed by atoms with E-state index < -0.39 is 0 Å². The molecule has 0 unspecified atom stereocenters. The number of guanidine groups is 1. The summed E-state index contributed by atoms with van der Waals surface area (Å²) in [6.45, 7) is 4.88. The second kappa shape index (κ2) is 8.84. The number of nitrogens with one attached hydrogen (secondary N) is 1. The highest BCUT2D eigenvalue weighted by molar-refractivity contribution is 14.0.